The van der Waals surface area contributed by atoms with E-state index >= 15 is 0 Å². The summed E-state index contributed by atoms with van der Waals surface area (Å²) in [7, 11) is 0. The zero-order chi connectivity index (χ0) is 13.5. The molecule has 0 heterocycles. The topological polar surface area (TPSA) is 55.4 Å². The van der Waals surface area contributed by atoms with Crippen molar-refractivity contribution in [3.8, 4) is 0 Å². The number of hydrogen-bond acceptors (Lipinski definition) is 3. The van der Waals surface area contributed by atoms with E-state index in [0.29, 0.717) is 13.0 Å². The lowest BCUT2D eigenvalue weighted by atomic mass is 10.1. The van der Waals surface area contributed by atoms with Gasteiger partial charge in [-0.3, -0.25) is 9.59 Å². The predicted octanol–water partition coefficient (Wildman–Crippen LogP) is 2.72. The van der Waals surface area contributed by atoms with Gasteiger partial charge >= 0.3 is 6.41 Å². The molecule has 1 N–H and O–H groups in total. The van der Waals surface area contributed by atoms with Gasteiger partial charge < -0.3 is 10.1 Å². The first kappa shape index (κ1) is 16.9. The van der Waals surface area contributed by atoms with Gasteiger partial charge in [-0.15, -0.1) is 0 Å². The van der Waals surface area contributed by atoms with Crippen LogP contribution in [-0.4, -0.2) is 25.5 Å². The van der Waals surface area contributed by atoms with Crippen LogP contribution in [0.3, 0.4) is 0 Å². The Balaban J connectivity index is 3.36. The lowest BCUT2D eigenvalue weighted by Crippen LogP contribution is -2.27. The Kier molecular flexibility index (Phi) is 13.2. The average molecular weight is 256 g/mol. The van der Waals surface area contributed by atoms with E-state index in [4.69, 9.17) is 4.74 Å². The van der Waals surface area contributed by atoms with Crippen molar-refractivity contribution in [2.45, 2.75) is 70.8 Å². The van der Waals surface area contributed by atoms with Crippen LogP contribution in [0.5, 0.6) is 0 Å². The van der Waals surface area contributed by atoms with E-state index in [1.165, 1.54) is 38.5 Å². The molecule has 18 heavy (non-hydrogen) atoms. The Labute approximate surface area is 110 Å². The zero-order valence-electron chi connectivity index (χ0n) is 11.5. The van der Waals surface area contributed by atoms with E-state index in [-0.39, 0.29) is 6.10 Å². The number of carbonyl (C=O) groups is 1. The highest BCUT2D eigenvalue weighted by molar-refractivity contribution is 5.47. The van der Waals surface area contributed by atoms with Gasteiger partial charge in [-0.2, -0.15) is 0 Å². The van der Waals surface area contributed by atoms with Crippen molar-refractivity contribution in [3.05, 3.63) is 0 Å². The van der Waals surface area contributed by atoms with Gasteiger partial charge in [0.15, 0.2) is 0 Å². The van der Waals surface area contributed by atoms with Crippen LogP contribution in [0.4, 0.5) is 0 Å². The monoisotopic (exact) mass is 256 g/mol. The van der Waals surface area contributed by atoms with Gasteiger partial charge in [0.2, 0.25) is 0 Å². The van der Waals surface area contributed by atoms with E-state index in [0.717, 1.165) is 19.3 Å². The molecule has 1 radical (unpaired) electrons. The highest BCUT2D eigenvalue weighted by atomic mass is 16.5. The highest BCUT2D eigenvalue weighted by Gasteiger charge is 2.08. The minimum atomic E-state index is -0.205. The molecule has 0 saturated heterocycles. The Morgan fingerprint density at radius 3 is 2.28 bits per heavy atom. The Hall–Kier alpha value is -1.06. The maximum absolute atomic E-state index is 10.3. The number of rotatable bonds is 14. The third-order valence-corrected chi connectivity index (χ3v) is 3.03. The van der Waals surface area contributed by atoms with Crippen molar-refractivity contribution in [1.29, 1.82) is 0 Å². The van der Waals surface area contributed by atoms with Gasteiger partial charge in [0, 0.05) is 0 Å². The fourth-order valence-electron chi connectivity index (χ4n) is 1.96. The Bertz CT molecular complexity index is 197. The van der Waals surface area contributed by atoms with Gasteiger partial charge in [-0.25, -0.2) is 0 Å². The molecule has 4 nitrogen and oxygen atoms in total. The molecular formula is C14H26NO3. The van der Waals surface area contributed by atoms with Crippen LogP contribution >= 0.6 is 0 Å². The molecule has 0 aromatic heterocycles. The summed E-state index contributed by atoms with van der Waals surface area (Å²) >= 11 is 0. The standard InChI is InChI=1S/C14H26NO3/c1-2-3-4-5-6-7-8-9-10-14(18-13-17)11-15-12-16/h13-14H,2-11H2,1H3,(H,15,16). The molecule has 105 valence electrons. The summed E-state index contributed by atoms with van der Waals surface area (Å²) in [5.74, 6) is 0. The molecule has 0 aromatic rings. The van der Waals surface area contributed by atoms with Crippen molar-refractivity contribution in [2.75, 3.05) is 6.54 Å². The largest absolute Gasteiger partial charge is 0.463 e. The second-order valence-corrected chi connectivity index (χ2v) is 4.60. The molecule has 0 rings (SSSR count). The lowest BCUT2D eigenvalue weighted by molar-refractivity contribution is -0.133. The molecule has 0 spiro atoms. The van der Waals surface area contributed by atoms with Crippen LogP contribution in [0.1, 0.15) is 64.7 Å². The third kappa shape index (κ3) is 11.4. The van der Waals surface area contributed by atoms with E-state index in [1.807, 2.05) is 0 Å². The smallest absolute Gasteiger partial charge is 0.309 e. The van der Waals surface area contributed by atoms with E-state index < -0.39 is 0 Å². The molecule has 0 bridgehead atoms. The van der Waals surface area contributed by atoms with Crippen molar-refractivity contribution >= 4 is 12.9 Å². The second kappa shape index (κ2) is 14.0. The number of ether oxygens (including phenoxy) is 1. The number of amides is 1. The lowest BCUT2D eigenvalue weighted by Gasteiger charge is -2.13. The molecule has 1 unspecified atom stereocenters. The highest BCUT2D eigenvalue weighted by Crippen LogP contribution is 2.11. The number of carbonyl (C=O) groups excluding carboxylic acids is 2. The first-order valence-electron chi connectivity index (χ1n) is 7.04. The van der Waals surface area contributed by atoms with Crippen LogP contribution in [-0.2, 0) is 14.3 Å². The second-order valence-electron chi connectivity index (χ2n) is 4.60. The van der Waals surface area contributed by atoms with Crippen LogP contribution in [0, 0.1) is 0 Å². The maximum Gasteiger partial charge on any atom is 0.309 e. The summed E-state index contributed by atoms with van der Waals surface area (Å²) in [6.45, 7) is 3.03. The molecule has 0 aliphatic rings. The molecule has 0 saturated carbocycles. The molecule has 4 heteroatoms. The predicted molar refractivity (Wildman–Crippen MR) is 71.9 cm³/mol. The summed E-state index contributed by atoms with van der Waals surface area (Å²) in [6, 6.07) is 0. The van der Waals surface area contributed by atoms with Crippen LogP contribution in [0.15, 0.2) is 0 Å². The molecule has 0 aliphatic carbocycles. The zero-order valence-corrected chi connectivity index (χ0v) is 11.5. The summed E-state index contributed by atoms with van der Waals surface area (Å²) in [4.78, 5) is 20.3. The number of unbranched alkanes of at least 4 members (excludes halogenated alkanes) is 7. The normalized spacial score (nSPS) is 11.8. The quantitative estimate of drug-likeness (QED) is 0.295. The van der Waals surface area contributed by atoms with Gasteiger partial charge in [0.05, 0.1) is 6.54 Å². The fourth-order valence-corrected chi connectivity index (χ4v) is 1.96. The first-order chi connectivity index (χ1) is 8.85. The first-order valence-corrected chi connectivity index (χ1v) is 7.04. The fraction of sp³-hybridized carbons (Fsp3) is 0.857. The van der Waals surface area contributed by atoms with Crippen molar-refractivity contribution in [2.24, 2.45) is 0 Å². The average Bonchev–Trinajstić information content (AvgIpc) is 2.39. The van der Waals surface area contributed by atoms with E-state index in [9.17, 15) is 9.59 Å². The van der Waals surface area contributed by atoms with Crippen LogP contribution in [0.2, 0.25) is 0 Å². The maximum atomic E-state index is 10.3. The third-order valence-electron chi connectivity index (χ3n) is 3.03. The van der Waals surface area contributed by atoms with Crippen LogP contribution in [0.25, 0.3) is 0 Å². The summed E-state index contributed by atoms with van der Waals surface area (Å²) in [6.07, 6.45) is 12.2. The molecular weight excluding hydrogens is 230 g/mol. The Morgan fingerprint density at radius 1 is 1.11 bits per heavy atom. The summed E-state index contributed by atoms with van der Waals surface area (Å²) in [5.41, 5.74) is 0. The molecule has 1 amide bonds. The summed E-state index contributed by atoms with van der Waals surface area (Å²) in [5, 5.41) is 2.42. The van der Waals surface area contributed by atoms with Crippen molar-refractivity contribution in [1.82, 2.24) is 5.32 Å². The number of hydrogen-bond donors (Lipinski definition) is 1. The molecule has 0 aliphatic heterocycles. The van der Waals surface area contributed by atoms with Crippen LogP contribution < -0.4 is 5.32 Å². The van der Waals surface area contributed by atoms with Crippen molar-refractivity contribution < 1.29 is 14.3 Å². The summed E-state index contributed by atoms with van der Waals surface area (Å²) < 4.78 is 4.88. The van der Waals surface area contributed by atoms with Gasteiger partial charge in [-0.1, -0.05) is 51.9 Å². The van der Waals surface area contributed by atoms with Crippen molar-refractivity contribution in [3.63, 3.8) is 0 Å². The molecule has 0 aromatic carbocycles. The number of nitrogens with one attached hydrogen (secondary N) is 1. The Morgan fingerprint density at radius 2 is 1.72 bits per heavy atom. The SMILES string of the molecule is CCCCCCCCCCC(CN[C]=O)OC=O. The van der Waals surface area contributed by atoms with E-state index in [1.54, 1.807) is 6.41 Å². The van der Waals surface area contributed by atoms with Gasteiger partial charge in [-0.05, 0) is 12.8 Å². The molecule has 0 fully saturated rings. The van der Waals surface area contributed by atoms with Gasteiger partial charge in [0.25, 0.3) is 6.47 Å². The minimum absolute atomic E-state index is 0.205. The minimum Gasteiger partial charge on any atom is -0.463 e. The molecule has 1 atom stereocenters. The van der Waals surface area contributed by atoms with E-state index in [2.05, 4.69) is 12.2 Å². The van der Waals surface area contributed by atoms with Gasteiger partial charge in [0.1, 0.15) is 6.10 Å².